The Morgan fingerprint density at radius 1 is 0.810 bits per heavy atom. The van der Waals surface area contributed by atoms with Crippen LogP contribution in [-0.2, 0) is 38.0 Å². The number of rotatable bonds is 28. The molecule has 1 amide bonds. The van der Waals surface area contributed by atoms with Crippen LogP contribution >= 0.6 is 0 Å². The van der Waals surface area contributed by atoms with Crippen molar-refractivity contribution in [3.63, 3.8) is 0 Å². The molecule has 2 unspecified atom stereocenters. The molecule has 0 spiro atoms. The number of ether oxygens (including phenoxy) is 6. The Kier molecular flexibility index (Phi) is 24.2. The number of carbonyl (C=O) groups is 2. The fourth-order valence-corrected chi connectivity index (χ4v) is 7.90. The topological polar surface area (TPSA) is 370 Å². The maximum Gasteiger partial charge on any atom is 0.364 e. The van der Waals surface area contributed by atoms with E-state index in [0.29, 0.717) is 0 Å². The van der Waals surface area contributed by atoms with Gasteiger partial charge in [0.15, 0.2) is 12.6 Å². The molecule has 3 saturated heterocycles. The Balaban J connectivity index is 1.62. The first-order valence-electron chi connectivity index (χ1n) is 22.1. The maximum atomic E-state index is 12.8. The van der Waals surface area contributed by atoms with Crippen molar-refractivity contribution in [1.29, 1.82) is 0 Å². The van der Waals surface area contributed by atoms with Gasteiger partial charge in [0.1, 0.15) is 67.1 Å². The zero-order valence-corrected chi connectivity index (χ0v) is 36.2. The number of nitrogens with two attached hydrogens (primary N) is 1. The first-order valence-corrected chi connectivity index (χ1v) is 22.1. The molecule has 3 aliphatic rings. The first kappa shape index (κ1) is 55.3. The Labute approximate surface area is 367 Å². The number of amides is 1. The highest BCUT2D eigenvalue weighted by atomic mass is 16.8. The summed E-state index contributed by atoms with van der Waals surface area (Å²) in [5.74, 6) is -5.78. The van der Waals surface area contributed by atoms with E-state index in [9.17, 15) is 70.9 Å². The second kappa shape index (κ2) is 27.6. The second-order valence-corrected chi connectivity index (χ2v) is 16.7. The van der Waals surface area contributed by atoms with Gasteiger partial charge in [-0.2, -0.15) is 0 Å². The van der Waals surface area contributed by atoms with Gasteiger partial charge in [-0.15, -0.1) is 0 Å². The smallest absolute Gasteiger partial charge is 0.364 e. The molecule has 0 radical (unpaired) electrons. The van der Waals surface area contributed by atoms with E-state index in [4.69, 9.17) is 34.2 Å². The lowest BCUT2D eigenvalue weighted by atomic mass is 9.88. The predicted molar refractivity (Wildman–Crippen MR) is 218 cm³/mol. The summed E-state index contributed by atoms with van der Waals surface area (Å²) in [5.41, 5.74) is 6.11. The lowest BCUT2D eigenvalue weighted by molar-refractivity contribution is -0.386. The largest absolute Gasteiger partial charge is 0.477 e. The minimum atomic E-state index is -3.05. The Morgan fingerprint density at radius 2 is 1.40 bits per heavy atom. The summed E-state index contributed by atoms with van der Waals surface area (Å²) in [7, 11) is 0. The lowest BCUT2D eigenvalue weighted by Gasteiger charge is -2.50. The standard InChI is InChI=1S/C41H74N2O20/c1-3-4-5-6-7-8-9-10-11-12-13-14-15-16-24(48)23(42)21-58-38-33(54)32(53)35(28(20-46)60-38)61-39-34(55)37(31(52)27(19-45)59-39)63-41(40(56)57)17-25(49)29(43-22(2)47)36(62-41)30(51)26(50)18-44/h15-16,23-39,44-46,48-55H,3-14,17-21,42H2,1-2H3,(H,43,47)(H,56,57)/b16-15+/t23?,24?,25-,26+,27+,28+,29+,30+,31-,32+,33+,34+,35+,36+,37-,38+,39-,41-/m0/s1. The molecule has 3 heterocycles. The van der Waals surface area contributed by atoms with Crippen LogP contribution in [-0.4, -0.2) is 209 Å². The zero-order chi connectivity index (χ0) is 46.9. The fraction of sp³-hybridized carbons (Fsp3) is 0.902. The van der Waals surface area contributed by atoms with Gasteiger partial charge in [0.25, 0.3) is 5.79 Å². The number of aliphatic hydroxyl groups is 11. The van der Waals surface area contributed by atoms with Crippen molar-refractivity contribution in [2.24, 2.45) is 5.73 Å². The third kappa shape index (κ3) is 15.8. The molecule has 0 aromatic rings. The Bertz CT molecular complexity index is 1350. The molecule has 15 N–H and O–H groups in total. The van der Waals surface area contributed by atoms with Crippen molar-refractivity contribution in [2.75, 3.05) is 26.4 Å². The number of nitrogens with one attached hydrogen (secondary N) is 1. The van der Waals surface area contributed by atoms with Crippen molar-refractivity contribution in [3.05, 3.63) is 12.2 Å². The van der Waals surface area contributed by atoms with E-state index in [1.165, 1.54) is 51.4 Å². The number of aliphatic hydroxyl groups excluding tert-OH is 11. The van der Waals surface area contributed by atoms with Crippen LogP contribution < -0.4 is 11.1 Å². The van der Waals surface area contributed by atoms with E-state index in [-0.39, 0.29) is 6.61 Å². The molecular weight excluding hydrogens is 840 g/mol. The van der Waals surface area contributed by atoms with Crippen LogP contribution in [0.1, 0.15) is 97.3 Å². The van der Waals surface area contributed by atoms with Gasteiger partial charge < -0.3 is 101 Å². The van der Waals surface area contributed by atoms with Gasteiger partial charge in [0.2, 0.25) is 5.91 Å². The Hall–Kier alpha value is -2.04. The van der Waals surface area contributed by atoms with Crippen LogP contribution in [0.2, 0.25) is 0 Å². The SMILES string of the molecule is CCCCCCCCCCCCC/C=C/C(O)C(N)CO[C@@H]1O[C@H](CO)[C@@H](O[C@@H]2O[C@H](CO)[C@H](O)[C@H](O[C@]3(C(=O)O)C[C@H](O)[C@@H](NC(C)=O)[C@H]([C@H](O)[C@H](O)CO)O3)[C@H]2O)[C@H](O)[C@H]1O. The Morgan fingerprint density at radius 3 is 1.95 bits per heavy atom. The molecule has 0 saturated carbocycles. The zero-order valence-electron chi connectivity index (χ0n) is 36.2. The summed E-state index contributed by atoms with van der Waals surface area (Å²) in [6.07, 6.45) is -11.4. The summed E-state index contributed by atoms with van der Waals surface area (Å²) >= 11 is 0. The van der Waals surface area contributed by atoms with E-state index in [1.807, 2.05) is 6.08 Å². The molecule has 0 aromatic heterocycles. The van der Waals surface area contributed by atoms with Gasteiger partial charge in [0, 0.05) is 13.3 Å². The quantitative estimate of drug-likeness (QED) is 0.0271. The summed E-state index contributed by atoms with van der Waals surface area (Å²) in [4.78, 5) is 24.7. The van der Waals surface area contributed by atoms with Crippen LogP contribution in [0.4, 0.5) is 0 Å². The third-order valence-corrected chi connectivity index (χ3v) is 11.6. The van der Waals surface area contributed by atoms with Crippen molar-refractivity contribution < 1.29 is 99.3 Å². The summed E-state index contributed by atoms with van der Waals surface area (Å²) in [5, 5.41) is 129. The number of carboxylic acid groups (broad SMARTS) is 1. The van der Waals surface area contributed by atoms with Crippen molar-refractivity contribution in [2.45, 2.75) is 207 Å². The average molecular weight is 915 g/mol. The number of unbranched alkanes of at least 4 members (excludes halogenated alkanes) is 11. The molecule has 3 rings (SSSR count). The van der Waals surface area contributed by atoms with Gasteiger partial charge in [-0.3, -0.25) is 4.79 Å². The number of carbonyl (C=O) groups excluding carboxylic acids is 1. The average Bonchev–Trinajstić information content (AvgIpc) is 3.25. The van der Waals surface area contributed by atoms with E-state index < -0.39 is 148 Å². The number of hydrogen-bond acceptors (Lipinski definition) is 20. The van der Waals surface area contributed by atoms with Gasteiger partial charge >= 0.3 is 5.97 Å². The summed E-state index contributed by atoms with van der Waals surface area (Å²) in [6, 6.07) is -2.54. The third-order valence-electron chi connectivity index (χ3n) is 11.6. The van der Waals surface area contributed by atoms with Gasteiger partial charge in [-0.1, -0.05) is 83.3 Å². The molecule has 0 aromatic carbocycles. The molecule has 18 atom stereocenters. The minimum Gasteiger partial charge on any atom is -0.477 e. The highest BCUT2D eigenvalue weighted by Gasteiger charge is 2.60. The van der Waals surface area contributed by atoms with E-state index in [2.05, 4.69) is 12.2 Å². The summed E-state index contributed by atoms with van der Waals surface area (Å²) in [6.45, 7) is -0.0151. The maximum absolute atomic E-state index is 12.8. The van der Waals surface area contributed by atoms with Crippen molar-refractivity contribution in [3.8, 4) is 0 Å². The minimum absolute atomic E-state index is 0.355. The van der Waals surface area contributed by atoms with E-state index >= 15 is 0 Å². The monoisotopic (exact) mass is 914 g/mol. The molecule has 63 heavy (non-hydrogen) atoms. The molecular formula is C41H74N2O20. The highest BCUT2D eigenvalue weighted by molar-refractivity contribution is 5.76. The molecule has 368 valence electrons. The molecule has 22 nitrogen and oxygen atoms in total. The molecule has 0 aliphatic carbocycles. The number of aliphatic carboxylic acids is 1. The van der Waals surface area contributed by atoms with Gasteiger partial charge in [-0.25, -0.2) is 4.79 Å². The predicted octanol–water partition coefficient (Wildman–Crippen LogP) is -3.25. The van der Waals surface area contributed by atoms with Crippen molar-refractivity contribution in [1.82, 2.24) is 5.32 Å². The highest BCUT2D eigenvalue weighted by Crippen LogP contribution is 2.38. The second-order valence-electron chi connectivity index (χ2n) is 16.7. The fourth-order valence-electron chi connectivity index (χ4n) is 7.90. The van der Waals surface area contributed by atoms with Crippen LogP contribution in [0, 0.1) is 0 Å². The van der Waals surface area contributed by atoms with Gasteiger partial charge in [0.05, 0.1) is 50.7 Å². The molecule has 3 aliphatic heterocycles. The molecule has 3 fully saturated rings. The van der Waals surface area contributed by atoms with E-state index in [1.54, 1.807) is 6.08 Å². The molecule has 22 heteroatoms. The lowest BCUT2D eigenvalue weighted by Crippen LogP contribution is -2.70. The van der Waals surface area contributed by atoms with Crippen LogP contribution in [0.3, 0.4) is 0 Å². The van der Waals surface area contributed by atoms with Crippen LogP contribution in [0.25, 0.3) is 0 Å². The van der Waals surface area contributed by atoms with E-state index in [0.717, 1.165) is 32.6 Å². The number of hydrogen-bond donors (Lipinski definition) is 14. The van der Waals surface area contributed by atoms with Gasteiger partial charge in [-0.05, 0) is 12.8 Å². The van der Waals surface area contributed by atoms with Crippen molar-refractivity contribution >= 4 is 11.9 Å². The molecule has 0 bridgehead atoms. The normalized spacial score (nSPS) is 35.9. The summed E-state index contributed by atoms with van der Waals surface area (Å²) < 4.78 is 33.8. The number of carboxylic acids is 1. The number of allylic oxidation sites excluding steroid dienone is 1. The van der Waals surface area contributed by atoms with Crippen LogP contribution in [0.5, 0.6) is 0 Å². The van der Waals surface area contributed by atoms with Crippen LogP contribution in [0.15, 0.2) is 12.2 Å². The first-order chi connectivity index (χ1) is 30.0.